The zero-order chi connectivity index (χ0) is 10.2. The molecule has 1 aromatic rings. The Bertz CT molecular complexity index is 274. The first-order valence-corrected chi connectivity index (χ1v) is 4.26. The molecule has 0 fully saturated rings. The molecule has 1 rings (SSSR count). The van der Waals surface area contributed by atoms with Crippen molar-refractivity contribution in [1.82, 2.24) is 5.48 Å². The van der Waals surface area contributed by atoms with E-state index in [0.29, 0.717) is 6.61 Å². The molecule has 0 radical (unpaired) electrons. The summed E-state index contributed by atoms with van der Waals surface area (Å²) < 4.78 is 4.61. The molecule has 0 aliphatic carbocycles. The Morgan fingerprint density at radius 3 is 2.71 bits per heavy atom. The maximum absolute atomic E-state index is 10.9. The molecule has 1 aromatic carbocycles. The molecular weight excluding hydrogens is 182 g/mol. The van der Waals surface area contributed by atoms with Crippen LogP contribution in [0.15, 0.2) is 30.3 Å². The van der Waals surface area contributed by atoms with Crippen molar-refractivity contribution in [2.24, 2.45) is 0 Å². The quantitative estimate of drug-likeness (QED) is 0.709. The molecule has 1 N–H and O–H groups in total. The van der Waals surface area contributed by atoms with Gasteiger partial charge in [-0.05, 0) is 5.56 Å². The first-order chi connectivity index (χ1) is 6.83. The van der Waals surface area contributed by atoms with E-state index in [-0.39, 0.29) is 12.5 Å². The third-order valence-corrected chi connectivity index (χ3v) is 1.54. The minimum atomic E-state index is -0.288. The van der Waals surface area contributed by atoms with Crippen molar-refractivity contribution in [1.29, 1.82) is 0 Å². The molecule has 4 nitrogen and oxygen atoms in total. The number of ether oxygens (including phenoxy) is 1. The van der Waals surface area contributed by atoms with Crippen molar-refractivity contribution < 1.29 is 14.4 Å². The van der Waals surface area contributed by atoms with Crippen LogP contribution in [0, 0.1) is 0 Å². The van der Waals surface area contributed by atoms with Crippen molar-refractivity contribution >= 4 is 5.91 Å². The lowest BCUT2D eigenvalue weighted by Crippen LogP contribution is -2.27. The molecule has 0 saturated carbocycles. The molecule has 0 bridgehead atoms. The van der Waals surface area contributed by atoms with Gasteiger partial charge in [-0.3, -0.25) is 9.63 Å². The number of hydroxylamine groups is 1. The fourth-order valence-electron chi connectivity index (χ4n) is 0.935. The third kappa shape index (κ3) is 4.02. The molecule has 0 aliphatic heterocycles. The predicted octanol–water partition coefficient (Wildman–Crippen LogP) is 0.881. The number of methoxy groups -OCH3 is 1. The highest BCUT2D eigenvalue weighted by atomic mass is 16.7. The Morgan fingerprint density at radius 2 is 2.07 bits per heavy atom. The summed E-state index contributed by atoms with van der Waals surface area (Å²) in [7, 11) is 1.46. The maximum atomic E-state index is 10.9. The normalized spacial score (nSPS) is 9.79. The summed E-state index contributed by atoms with van der Waals surface area (Å²) in [6, 6.07) is 9.59. The number of hydrogen-bond donors (Lipinski definition) is 1. The minimum absolute atomic E-state index is 0.00872. The van der Waals surface area contributed by atoms with Gasteiger partial charge in [-0.2, -0.15) is 0 Å². The zero-order valence-corrected chi connectivity index (χ0v) is 8.03. The summed E-state index contributed by atoms with van der Waals surface area (Å²) in [5, 5.41) is 0. The minimum Gasteiger partial charge on any atom is -0.375 e. The van der Waals surface area contributed by atoms with Gasteiger partial charge in [0.15, 0.2) is 0 Å². The molecule has 0 atom stereocenters. The fourth-order valence-corrected chi connectivity index (χ4v) is 0.935. The van der Waals surface area contributed by atoms with Gasteiger partial charge in [-0.25, -0.2) is 5.48 Å². The van der Waals surface area contributed by atoms with E-state index in [1.54, 1.807) is 0 Å². The summed E-state index contributed by atoms with van der Waals surface area (Å²) in [6.45, 7) is 0.366. The van der Waals surface area contributed by atoms with Gasteiger partial charge < -0.3 is 4.74 Å². The van der Waals surface area contributed by atoms with Gasteiger partial charge in [0, 0.05) is 7.11 Å². The summed E-state index contributed by atoms with van der Waals surface area (Å²) in [5.41, 5.74) is 3.27. The van der Waals surface area contributed by atoms with E-state index in [0.717, 1.165) is 5.56 Å². The Morgan fingerprint density at radius 1 is 1.36 bits per heavy atom. The van der Waals surface area contributed by atoms with Crippen LogP contribution >= 0.6 is 0 Å². The standard InChI is InChI=1S/C10H13NO3/c1-13-8-10(12)11-14-7-9-5-3-2-4-6-9/h2-6H,7-8H2,1H3,(H,11,12). The summed E-state index contributed by atoms with van der Waals surface area (Å²) in [6.07, 6.45) is 0. The Kier molecular flexibility index (Phi) is 4.68. The van der Waals surface area contributed by atoms with Gasteiger partial charge in [0.25, 0.3) is 5.91 Å². The molecule has 0 heterocycles. The first-order valence-electron chi connectivity index (χ1n) is 4.26. The van der Waals surface area contributed by atoms with Crippen LogP contribution in [0.3, 0.4) is 0 Å². The molecule has 0 saturated heterocycles. The molecule has 0 spiro atoms. The van der Waals surface area contributed by atoms with E-state index < -0.39 is 0 Å². The number of hydrogen-bond acceptors (Lipinski definition) is 3. The van der Waals surface area contributed by atoms with Crippen molar-refractivity contribution in [3.63, 3.8) is 0 Å². The Hall–Kier alpha value is -1.39. The number of nitrogens with one attached hydrogen (secondary N) is 1. The molecule has 1 amide bonds. The van der Waals surface area contributed by atoms with E-state index in [1.807, 2.05) is 30.3 Å². The molecule has 0 unspecified atom stereocenters. The van der Waals surface area contributed by atoms with Crippen LogP contribution in [0.4, 0.5) is 0 Å². The Balaban J connectivity index is 2.19. The second-order valence-electron chi connectivity index (χ2n) is 2.73. The highest BCUT2D eigenvalue weighted by Crippen LogP contribution is 1.98. The second kappa shape index (κ2) is 6.12. The molecule has 14 heavy (non-hydrogen) atoms. The van der Waals surface area contributed by atoms with Crippen LogP contribution in [0.5, 0.6) is 0 Å². The van der Waals surface area contributed by atoms with Gasteiger partial charge in [-0.15, -0.1) is 0 Å². The lowest BCUT2D eigenvalue weighted by atomic mass is 10.2. The lowest BCUT2D eigenvalue weighted by Gasteiger charge is -2.04. The zero-order valence-electron chi connectivity index (χ0n) is 8.03. The topological polar surface area (TPSA) is 47.6 Å². The van der Waals surface area contributed by atoms with Gasteiger partial charge in [0.2, 0.25) is 0 Å². The van der Waals surface area contributed by atoms with Crippen LogP contribution < -0.4 is 5.48 Å². The van der Waals surface area contributed by atoms with Crippen molar-refractivity contribution in [3.05, 3.63) is 35.9 Å². The third-order valence-electron chi connectivity index (χ3n) is 1.54. The lowest BCUT2D eigenvalue weighted by molar-refractivity contribution is -0.138. The van der Waals surface area contributed by atoms with E-state index >= 15 is 0 Å². The number of amides is 1. The molecule has 0 aromatic heterocycles. The molecular formula is C10H13NO3. The smallest absolute Gasteiger partial charge is 0.269 e. The highest BCUT2D eigenvalue weighted by Gasteiger charge is 1.98. The van der Waals surface area contributed by atoms with Crippen LogP contribution in [-0.4, -0.2) is 19.6 Å². The van der Waals surface area contributed by atoms with Crippen molar-refractivity contribution in [2.45, 2.75) is 6.61 Å². The first kappa shape index (κ1) is 10.7. The van der Waals surface area contributed by atoms with Crippen molar-refractivity contribution in [2.75, 3.05) is 13.7 Å². The average Bonchev–Trinajstić information content (AvgIpc) is 2.20. The van der Waals surface area contributed by atoms with E-state index in [1.165, 1.54) is 7.11 Å². The molecule has 76 valence electrons. The monoisotopic (exact) mass is 195 g/mol. The van der Waals surface area contributed by atoms with E-state index in [9.17, 15) is 4.79 Å². The fraction of sp³-hybridized carbons (Fsp3) is 0.300. The average molecular weight is 195 g/mol. The number of rotatable bonds is 5. The van der Waals surface area contributed by atoms with Crippen LogP contribution in [0.25, 0.3) is 0 Å². The maximum Gasteiger partial charge on any atom is 0.269 e. The number of carbonyl (C=O) groups is 1. The molecule has 0 aliphatic rings. The summed E-state index contributed by atoms with van der Waals surface area (Å²) >= 11 is 0. The Labute approximate surface area is 82.8 Å². The second-order valence-corrected chi connectivity index (χ2v) is 2.73. The van der Waals surface area contributed by atoms with Crippen LogP contribution in [-0.2, 0) is 21.0 Å². The van der Waals surface area contributed by atoms with Gasteiger partial charge in [0.05, 0.1) is 6.61 Å². The van der Waals surface area contributed by atoms with Crippen LogP contribution in [0.1, 0.15) is 5.56 Å². The number of benzene rings is 1. The highest BCUT2D eigenvalue weighted by molar-refractivity contribution is 5.75. The molecule has 4 heteroatoms. The predicted molar refractivity (Wildman–Crippen MR) is 51.2 cm³/mol. The summed E-state index contributed by atoms with van der Waals surface area (Å²) in [5.74, 6) is -0.288. The van der Waals surface area contributed by atoms with Gasteiger partial charge in [-0.1, -0.05) is 30.3 Å². The van der Waals surface area contributed by atoms with Gasteiger partial charge >= 0.3 is 0 Å². The SMILES string of the molecule is COCC(=O)NOCc1ccccc1. The summed E-state index contributed by atoms with van der Waals surface area (Å²) in [4.78, 5) is 15.8. The van der Waals surface area contributed by atoms with Gasteiger partial charge in [0.1, 0.15) is 6.61 Å². The van der Waals surface area contributed by atoms with Crippen molar-refractivity contribution in [3.8, 4) is 0 Å². The van der Waals surface area contributed by atoms with Crippen LogP contribution in [0.2, 0.25) is 0 Å². The largest absolute Gasteiger partial charge is 0.375 e. The number of carbonyl (C=O) groups excluding carboxylic acids is 1. The van der Waals surface area contributed by atoms with E-state index in [4.69, 9.17) is 4.84 Å². The van der Waals surface area contributed by atoms with E-state index in [2.05, 4.69) is 10.2 Å².